The van der Waals surface area contributed by atoms with Crippen molar-refractivity contribution >= 4 is 11.7 Å². The van der Waals surface area contributed by atoms with Crippen LogP contribution in [0.4, 0.5) is 10.2 Å². The lowest BCUT2D eigenvalue weighted by molar-refractivity contribution is -0.0302. The van der Waals surface area contributed by atoms with Crippen molar-refractivity contribution in [2.24, 2.45) is 5.41 Å². The Labute approximate surface area is 147 Å². The maximum absolute atomic E-state index is 14.7. The van der Waals surface area contributed by atoms with Gasteiger partial charge in [-0.05, 0) is 49.7 Å². The number of fused-ring (bicyclic) bond motifs is 1. The lowest BCUT2D eigenvalue weighted by Gasteiger charge is -2.36. The first-order valence-corrected chi connectivity index (χ1v) is 9.17. The number of aromatic nitrogens is 1. The third-order valence-electron chi connectivity index (χ3n) is 5.98. The van der Waals surface area contributed by atoms with Crippen molar-refractivity contribution in [3.63, 3.8) is 0 Å². The molecule has 0 bridgehead atoms. The number of hydrogen-bond donors (Lipinski definition) is 1. The Morgan fingerprint density at radius 2 is 2.12 bits per heavy atom. The van der Waals surface area contributed by atoms with Crippen LogP contribution in [-0.2, 0) is 11.3 Å². The topological polar surface area (TPSA) is 54.5 Å². The van der Waals surface area contributed by atoms with E-state index in [0.29, 0.717) is 31.7 Å². The minimum absolute atomic E-state index is 0.0568. The van der Waals surface area contributed by atoms with Crippen LogP contribution in [0, 0.1) is 19.3 Å². The highest BCUT2D eigenvalue weighted by molar-refractivity contribution is 5.99. The molecule has 25 heavy (non-hydrogen) atoms. The van der Waals surface area contributed by atoms with E-state index in [-0.39, 0.29) is 17.4 Å². The average Bonchev–Trinajstić information content (AvgIpc) is 3.20. The number of hydrogen-bond acceptors (Lipinski definition) is 4. The molecule has 1 saturated heterocycles. The van der Waals surface area contributed by atoms with Crippen LogP contribution in [0.15, 0.2) is 0 Å². The van der Waals surface area contributed by atoms with Crippen molar-refractivity contribution in [3.8, 4) is 0 Å². The molecule has 0 aromatic carbocycles. The van der Waals surface area contributed by atoms with Crippen LogP contribution in [0.2, 0.25) is 0 Å². The van der Waals surface area contributed by atoms with Gasteiger partial charge in [-0.25, -0.2) is 9.37 Å². The van der Waals surface area contributed by atoms with Crippen molar-refractivity contribution in [1.82, 2.24) is 10.3 Å². The summed E-state index contributed by atoms with van der Waals surface area (Å²) in [6.45, 7) is 8.27. The summed E-state index contributed by atoms with van der Waals surface area (Å²) in [5.74, 6) is 0.752. The van der Waals surface area contributed by atoms with Crippen molar-refractivity contribution in [2.75, 3.05) is 24.6 Å². The van der Waals surface area contributed by atoms with E-state index in [4.69, 9.17) is 4.74 Å². The summed E-state index contributed by atoms with van der Waals surface area (Å²) in [7, 11) is 0. The minimum atomic E-state index is -1.01. The standard InChI is InChI=1S/C19H26FN3O2/c1-11-12(2)17(22-14-8-21-18(24)16(11)14)23-7-4-15(13(20)9-23)25-10-19(3)5-6-19/h13,15H,4-10H2,1-3H3,(H,21,24)/t13-,15?/m0/s1. The van der Waals surface area contributed by atoms with Gasteiger partial charge in [0.25, 0.3) is 5.91 Å². The molecule has 0 radical (unpaired) electrons. The van der Waals surface area contributed by atoms with Gasteiger partial charge in [-0.3, -0.25) is 4.79 Å². The number of anilines is 1. The molecule has 6 heteroatoms. The number of carbonyl (C=O) groups is 1. The quantitative estimate of drug-likeness (QED) is 0.910. The van der Waals surface area contributed by atoms with Crippen LogP contribution < -0.4 is 10.2 Å². The third kappa shape index (κ3) is 3.01. The molecule has 2 aliphatic heterocycles. The van der Waals surface area contributed by atoms with E-state index in [2.05, 4.69) is 17.2 Å². The van der Waals surface area contributed by atoms with E-state index in [1.807, 2.05) is 18.7 Å². The molecule has 1 aliphatic carbocycles. The predicted octanol–water partition coefficient (Wildman–Crippen LogP) is 2.68. The molecule has 1 aromatic rings. The summed E-state index contributed by atoms with van der Waals surface area (Å²) >= 11 is 0. The summed E-state index contributed by atoms with van der Waals surface area (Å²) in [6.07, 6.45) is 1.73. The van der Waals surface area contributed by atoms with E-state index >= 15 is 0 Å². The van der Waals surface area contributed by atoms with Crippen molar-refractivity contribution in [1.29, 1.82) is 0 Å². The van der Waals surface area contributed by atoms with Gasteiger partial charge in [0, 0.05) is 6.54 Å². The van der Waals surface area contributed by atoms with E-state index in [9.17, 15) is 9.18 Å². The zero-order chi connectivity index (χ0) is 17.8. The molecule has 1 N–H and O–H groups in total. The summed E-state index contributed by atoms with van der Waals surface area (Å²) in [4.78, 5) is 18.6. The van der Waals surface area contributed by atoms with Crippen LogP contribution in [0.1, 0.15) is 53.4 Å². The molecule has 1 aromatic heterocycles. The maximum Gasteiger partial charge on any atom is 0.253 e. The molecule has 3 heterocycles. The highest BCUT2D eigenvalue weighted by Gasteiger charge is 2.40. The van der Waals surface area contributed by atoms with Crippen molar-refractivity contribution < 1.29 is 13.9 Å². The number of rotatable bonds is 4. The fourth-order valence-corrected chi connectivity index (χ4v) is 3.76. The molecule has 1 unspecified atom stereocenters. The molecule has 2 fully saturated rings. The zero-order valence-corrected chi connectivity index (χ0v) is 15.2. The highest BCUT2D eigenvalue weighted by Crippen LogP contribution is 2.45. The molecule has 5 nitrogen and oxygen atoms in total. The predicted molar refractivity (Wildman–Crippen MR) is 93.7 cm³/mol. The molecule has 1 saturated carbocycles. The second-order valence-electron chi connectivity index (χ2n) is 8.10. The normalized spacial score (nSPS) is 27.2. The summed E-state index contributed by atoms with van der Waals surface area (Å²) in [5, 5.41) is 2.82. The average molecular weight is 347 g/mol. The fraction of sp³-hybridized carbons (Fsp3) is 0.684. The van der Waals surface area contributed by atoms with Crippen LogP contribution in [0.5, 0.6) is 0 Å². The number of amides is 1. The molecular formula is C19H26FN3O2. The van der Waals surface area contributed by atoms with Crippen LogP contribution >= 0.6 is 0 Å². The Morgan fingerprint density at radius 1 is 1.36 bits per heavy atom. The Kier molecular flexibility index (Phi) is 3.98. The number of piperidine rings is 1. The lowest BCUT2D eigenvalue weighted by Crippen LogP contribution is -2.47. The second kappa shape index (κ2) is 5.94. The molecule has 3 aliphatic rings. The Hall–Kier alpha value is -1.69. The van der Waals surface area contributed by atoms with Crippen LogP contribution in [0.3, 0.4) is 0 Å². The van der Waals surface area contributed by atoms with Crippen LogP contribution in [-0.4, -0.2) is 42.9 Å². The molecular weight excluding hydrogens is 321 g/mol. The van der Waals surface area contributed by atoms with Crippen molar-refractivity contribution in [3.05, 3.63) is 22.4 Å². The van der Waals surface area contributed by atoms with E-state index in [1.165, 1.54) is 12.8 Å². The number of nitrogens with one attached hydrogen (secondary N) is 1. The lowest BCUT2D eigenvalue weighted by atomic mass is 10.0. The molecule has 136 valence electrons. The molecule has 4 rings (SSSR count). The Morgan fingerprint density at radius 3 is 2.80 bits per heavy atom. The van der Waals surface area contributed by atoms with E-state index in [1.54, 1.807) is 0 Å². The summed E-state index contributed by atoms with van der Waals surface area (Å²) < 4.78 is 20.6. The van der Waals surface area contributed by atoms with E-state index < -0.39 is 6.17 Å². The van der Waals surface area contributed by atoms with Gasteiger partial charge in [-0.1, -0.05) is 6.92 Å². The maximum atomic E-state index is 14.7. The third-order valence-corrected chi connectivity index (χ3v) is 5.98. The van der Waals surface area contributed by atoms with E-state index in [0.717, 1.165) is 29.2 Å². The van der Waals surface area contributed by atoms with Gasteiger partial charge in [-0.15, -0.1) is 0 Å². The number of carbonyl (C=O) groups excluding carboxylic acids is 1. The van der Waals surface area contributed by atoms with Crippen LogP contribution in [0.25, 0.3) is 0 Å². The number of nitrogens with zero attached hydrogens (tertiary/aromatic N) is 2. The first kappa shape index (κ1) is 16.8. The number of halogens is 1. The first-order valence-electron chi connectivity index (χ1n) is 9.17. The minimum Gasteiger partial charge on any atom is -0.374 e. The largest absolute Gasteiger partial charge is 0.374 e. The zero-order valence-electron chi connectivity index (χ0n) is 15.2. The van der Waals surface area contributed by atoms with Gasteiger partial charge < -0.3 is 15.0 Å². The van der Waals surface area contributed by atoms with Gasteiger partial charge in [0.2, 0.25) is 0 Å². The van der Waals surface area contributed by atoms with Crippen molar-refractivity contribution in [2.45, 2.75) is 58.9 Å². The molecule has 1 amide bonds. The summed E-state index contributed by atoms with van der Waals surface area (Å²) in [5.41, 5.74) is 3.66. The summed E-state index contributed by atoms with van der Waals surface area (Å²) in [6, 6.07) is 0. The first-order chi connectivity index (χ1) is 11.9. The Balaban J connectivity index is 1.48. The number of alkyl halides is 1. The van der Waals surface area contributed by atoms with Gasteiger partial charge in [0.05, 0.1) is 37.1 Å². The Bertz CT molecular complexity index is 717. The second-order valence-corrected chi connectivity index (χ2v) is 8.10. The van der Waals surface area contributed by atoms with Gasteiger partial charge in [0.1, 0.15) is 12.0 Å². The SMILES string of the molecule is Cc1c(N2CCC(OCC3(C)CC3)[C@@H](F)C2)nc2c(c1C)C(=O)NC2. The number of ether oxygens (including phenoxy) is 1. The molecule has 2 atom stereocenters. The van der Waals surface area contributed by atoms with Gasteiger partial charge in [0.15, 0.2) is 0 Å². The molecule has 0 spiro atoms. The van der Waals surface area contributed by atoms with Gasteiger partial charge in [-0.2, -0.15) is 0 Å². The smallest absolute Gasteiger partial charge is 0.253 e. The fourth-order valence-electron chi connectivity index (χ4n) is 3.76. The highest BCUT2D eigenvalue weighted by atomic mass is 19.1. The number of pyridine rings is 1. The van der Waals surface area contributed by atoms with Gasteiger partial charge >= 0.3 is 0 Å². The monoisotopic (exact) mass is 347 g/mol.